The van der Waals surface area contributed by atoms with E-state index in [-0.39, 0.29) is 6.10 Å². The van der Waals surface area contributed by atoms with E-state index < -0.39 is 6.10 Å². The summed E-state index contributed by atoms with van der Waals surface area (Å²) in [7, 11) is 0. The third kappa shape index (κ3) is 8.18. The Morgan fingerprint density at radius 1 is 1.15 bits per heavy atom. The minimum absolute atomic E-state index is 0.320. The second-order valence-electron chi connectivity index (χ2n) is 3.03. The van der Waals surface area contributed by atoms with Gasteiger partial charge in [-0.25, -0.2) is 0 Å². The number of hydrogen-bond donors (Lipinski definition) is 3. The molecule has 13 heavy (non-hydrogen) atoms. The predicted octanol–water partition coefficient (Wildman–Crippen LogP) is -0.256. The SMILES string of the molecule is CCOCC(O)CNCC(O)CC. The minimum Gasteiger partial charge on any atom is -0.392 e. The third-order valence-corrected chi connectivity index (χ3v) is 1.75. The Kier molecular flexibility index (Phi) is 8.33. The maximum Gasteiger partial charge on any atom is 0.0897 e. The first-order valence-electron chi connectivity index (χ1n) is 4.85. The number of hydrogen-bond acceptors (Lipinski definition) is 4. The molecule has 0 aromatic rings. The van der Waals surface area contributed by atoms with Gasteiger partial charge in [0.25, 0.3) is 0 Å². The third-order valence-electron chi connectivity index (χ3n) is 1.75. The summed E-state index contributed by atoms with van der Waals surface area (Å²) in [5, 5.41) is 21.4. The standard InChI is InChI=1S/C9H21NO3/c1-3-8(11)5-10-6-9(12)7-13-4-2/h8-12H,3-7H2,1-2H3. The second-order valence-corrected chi connectivity index (χ2v) is 3.03. The van der Waals surface area contributed by atoms with Gasteiger partial charge in [-0.3, -0.25) is 0 Å². The molecule has 0 aliphatic heterocycles. The van der Waals surface area contributed by atoms with Gasteiger partial charge in [0.1, 0.15) is 0 Å². The summed E-state index contributed by atoms with van der Waals surface area (Å²) in [6.07, 6.45) is -0.0718. The number of nitrogens with one attached hydrogen (secondary N) is 1. The summed E-state index contributed by atoms with van der Waals surface area (Å²) >= 11 is 0. The monoisotopic (exact) mass is 191 g/mol. The molecule has 0 amide bonds. The van der Waals surface area contributed by atoms with Crippen LogP contribution in [-0.4, -0.2) is 48.7 Å². The zero-order valence-corrected chi connectivity index (χ0v) is 8.49. The fourth-order valence-electron chi connectivity index (χ4n) is 0.874. The van der Waals surface area contributed by atoms with E-state index in [0.29, 0.717) is 26.3 Å². The van der Waals surface area contributed by atoms with Crippen molar-refractivity contribution in [2.45, 2.75) is 32.5 Å². The lowest BCUT2D eigenvalue weighted by atomic mass is 10.3. The van der Waals surface area contributed by atoms with Crippen LogP contribution in [0.4, 0.5) is 0 Å². The van der Waals surface area contributed by atoms with E-state index in [1.807, 2.05) is 13.8 Å². The van der Waals surface area contributed by atoms with Crippen molar-refractivity contribution in [1.29, 1.82) is 0 Å². The molecule has 4 nitrogen and oxygen atoms in total. The highest BCUT2D eigenvalue weighted by atomic mass is 16.5. The fourth-order valence-corrected chi connectivity index (χ4v) is 0.874. The Morgan fingerprint density at radius 3 is 2.31 bits per heavy atom. The molecule has 2 atom stereocenters. The molecule has 0 spiro atoms. The molecule has 0 aliphatic rings. The van der Waals surface area contributed by atoms with E-state index in [2.05, 4.69) is 5.32 Å². The second kappa shape index (κ2) is 8.44. The number of ether oxygens (including phenoxy) is 1. The van der Waals surface area contributed by atoms with Crippen molar-refractivity contribution in [3.05, 3.63) is 0 Å². The molecule has 3 N–H and O–H groups in total. The van der Waals surface area contributed by atoms with Gasteiger partial charge in [-0.05, 0) is 13.3 Å². The van der Waals surface area contributed by atoms with Crippen molar-refractivity contribution in [3.63, 3.8) is 0 Å². The lowest BCUT2D eigenvalue weighted by Gasteiger charge is -2.13. The number of aliphatic hydroxyl groups excluding tert-OH is 2. The van der Waals surface area contributed by atoms with Crippen LogP contribution in [0.3, 0.4) is 0 Å². The lowest BCUT2D eigenvalue weighted by Crippen LogP contribution is -2.35. The van der Waals surface area contributed by atoms with Crippen LogP contribution in [0.25, 0.3) is 0 Å². The van der Waals surface area contributed by atoms with Gasteiger partial charge >= 0.3 is 0 Å². The van der Waals surface area contributed by atoms with Gasteiger partial charge in [0, 0.05) is 19.7 Å². The molecule has 0 aliphatic carbocycles. The van der Waals surface area contributed by atoms with E-state index in [1.165, 1.54) is 0 Å². The average Bonchev–Trinajstić information content (AvgIpc) is 2.14. The Morgan fingerprint density at radius 2 is 1.77 bits per heavy atom. The van der Waals surface area contributed by atoms with Crippen molar-refractivity contribution < 1.29 is 14.9 Å². The first-order valence-corrected chi connectivity index (χ1v) is 4.85. The molecule has 0 aromatic carbocycles. The highest BCUT2D eigenvalue weighted by Gasteiger charge is 2.04. The molecule has 0 fully saturated rings. The maximum atomic E-state index is 9.30. The molecule has 0 saturated heterocycles. The molecule has 0 heterocycles. The van der Waals surface area contributed by atoms with Gasteiger partial charge in [-0.15, -0.1) is 0 Å². The Balaban J connectivity index is 3.21. The topological polar surface area (TPSA) is 61.7 Å². The highest BCUT2D eigenvalue weighted by Crippen LogP contribution is 1.88. The van der Waals surface area contributed by atoms with Gasteiger partial charge in [0.2, 0.25) is 0 Å². The number of rotatable bonds is 8. The molecule has 4 heteroatoms. The smallest absolute Gasteiger partial charge is 0.0897 e. The van der Waals surface area contributed by atoms with Crippen LogP contribution in [0.5, 0.6) is 0 Å². The Bertz CT molecular complexity index is 111. The van der Waals surface area contributed by atoms with Crippen LogP contribution in [0.2, 0.25) is 0 Å². The van der Waals surface area contributed by atoms with Crippen LogP contribution < -0.4 is 5.32 Å². The van der Waals surface area contributed by atoms with Gasteiger partial charge in [0.15, 0.2) is 0 Å². The van der Waals surface area contributed by atoms with Gasteiger partial charge in [-0.2, -0.15) is 0 Å². The predicted molar refractivity (Wildman–Crippen MR) is 51.7 cm³/mol. The van der Waals surface area contributed by atoms with E-state index in [4.69, 9.17) is 4.74 Å². The van der Waals surface area contributed by atoms with Gasteiger partial charge < -0.3 is 20.3 Å². The first-order chi connectivity index (χ1) is 6.20. The molecule has 0 rings (SSSR count). The largest absolute Gasteiger partial charge is 0.392 e. The summed E-state index contributed by atoms with van der Waals surface area (Å²) in [6.45, 7) is 5.78. The van der Waals surface area contributed by atoms with Crippen LogP contribution in [0.15, 0.2) is 0 Å². The van der Waals surface area contributed by atoms with Crippen molar-refractivity contribution in [2.24, 2.45) is 0 Å². The molecular formula is C9H21NO3. The van der Waals surface area contributed by atoms with Crippen molar-refractivity contribution in [1.82, 2.24) is 5.32 Å². The maximum absolute atomic E-state index is 9.30. The Labute approximate surface area is 79.9 Å². The number of aliphatic hydroxyl groups is 2. The van der Waals surface area contributed by atoms with E-state index in [9.17, 15) is 10.2 Å². The summed E-state index contributed by atoms with van der Waals surface area (Å²) in [5.41, 5.74) is 0. The lowest BCUT2D eigenvalue weighted by molar-refractivity contribution is 0.0408. The molecule has 0 bridgehead atoms. The fraction of sp³-hybridized carbons (Fsp3) is 1.00. The van der Waals surface area contributed by atoms with E-state index in [1.54, 1.807) is 0 Å². The zero-order chi connectivity index (χ0) is 10.1. The van der Waals surface area contributed by atoms with Crippen LogP contribution in [-0.2, 0) is 4.74 Å². The minimum atomic E-state index is -0.482. The quantitative estimate of drug-likeness (QED) is 0.495. The van der Waals surface area contributed by atoms with Crippen molar-refractivity contribution in [2.75, 3.05) is 26.3 Å². The van der Waals surface area contributed by atoms with Crippen LogP contribution in [0, 0.1) is 0 Å². The molecule has 0 radical (unpaired) electrons. The molecule has 80 valence electrons. The van der Waals surface area contributed by atoms with Gasteiger partial charge in [-0.1, -0.05) is 6.92 Å². The zero-order valence-electron chi connectivity index (χ0n) is 8.49. The summed E-state index contributed by atoms with van der Waals surface area (Å²) in [6, 6.07) is 0. The molecule has 0 aromatic heterocycles. The summed E-state index contributed by atoms with van der Waals surface area (Å²) in [5.74, 6) is 0. The van der Waals surface area contributed by atoms with Crippen molar-refractivity contribution in [3.8, 4) is 0 Å². The normalized spacial score (nSPS) is 15.7. The first kappa shape index (κ1) is 12.8. The van der Waals surface area contributed by atoms with Crippen molar-refractivity contribution >= 4 is 0 Å². The Hall–Kier alpha value is -0.160. The van der Waals surface area contributed by atoms with Crippen LogP contribution >= 0.6 is 0 Å². The molecular weight excluding hydrogens is 170 g/mol. The van der Waals surface area contributed by atoms with Crippen LogP contribution in [0.1, 0.15) is 20.3 Å². The summed E-state index contributed by atoms with van der Waals surface area (Å²) < 4.78 is 5.03. The molecule has 0 saturated carbocycles. The van der Waals surface area contributed by atoms with Gasteiger partial charge in [0.05, 0.1) is 18.8 Å². The van der Waals surface area contributed by atoms with E-state index >= 15 is 0 Å². The average molecular weight is 191 g/mol. The summed E-state index contributed by atoms with van der Waals surface area (Å²) in [4.78, 5) is 0. The highest BCUT2D eigenvalue weighted by molar-refractivity contribution is 4.61. The molecule has 2 unspecified atom stereocenters. The van der Waals surface area contributed by atoms with E-state index in [0.717, 1.165) is 6.42 Å².